The summed E-state index contributed by atoms with van der Waals surface area (Å²) < 4.78 is 2.16. The van der Waals surface area contributed by atoms with E-state index in [1.165, 1.54) is 12.1 Å². The van der Waals surface area contributed by atoms with E-state index >= 15 is 0 Å². The highest BCUT2D eigenvalue weighted by molar-refractivity contribution is 5.67. The van der Waals surface area contributed by atoms with Crippen LogP contribution in [0.15, 0.2) is 0 Å². The van der Waals surface area contributed by atoms with Crippen molar-refractivity contribution in [1.82, 2.24) is 14.7 Å². The molecular weight excluding hydrogens is 278 g/mol. The van der Waals surface area contributed by atoms with Crippen LogP contribution in [-0.2, 0) is 6.42 Å². The molecule has 124 valence electrons. The van der Waals surface area contributed by atoms with Gasteiger partial charge in [0, 0.05) is 25.7 Å². The maximum atomic E-state index is 9.10. The number of hydrogen-bond acceptors (Lipinski definition) is 5. The Morgan fingerprint density at radius 2 is 2.14 bits per heavy atom. The monoisotopic (exact) mass is 307 g/mol. The summed E-state index contributed by atoms with van der Waals surface area (Å²) in [6.07, 6.45) is 3.33. The standard InChI is InChI=1S/C16H29N5O/c1-11-4-5-14-15(17)16(18-21(14)12(11)2)20-7-6-13(10-20)19(3)8-9-22/h11-13,22H,4-10,17H2,1-3H3. The minimum atomic E-state index is 0.212. The van der Waals surface area contributed by atoms with Gasteiger partial charge in [-0.1, -0.05) is 6.92 Å². The summed E-state index contributed by atoms with van der Waals surface area (Å²) in [4.78, 5) is 4.55. The fourth-order valence-corrected chi connectivity index (χ4v) is 3.77. The van der Waals surface area contributed by atoms with Gasteiger partial charge in [0.25, 0.3) is 0 Å². The first-order valence-electron chi connectivity index (χ1n) is 8.45. The molecule has 0 aromatic carbocycles. The molecule has 1 aromatic rings. The van der Waals surface area contributed by atoms with E-state index in [0.717, 1.165) is 44.0 Å². The molecule has 2 aliphatic rings. The Bertz CT molecular complexity index is 529. The summed E-state index contributed by atoms with van der Waals surface area (Å²) in [5.74, 6) is 1.62. The molecular formula is C16H29N5O. The molecule has 6 heteroatoms. The molecule has 3 atom stereocenters. The van der Waals surface area contributed by atoms with Gasteiger partial charge >= 0.3 is 0 Å². The van der Waals surface area contributed by atoms with E-state index in [-0.39, 0.29) is 6.61 Å². The molecule has 0 radical (unpaired) electrons. The molecule has 3 unspecified atom stereocenters. The Morgan fingerprint density at radius 1 is 1.36 bits per heavy atom. The molecule has 0 amide bonds. The van der Waals surface area contributed by atoms with Crippen LogP contribution in [-0.4, -0.2) is 59.1 Å². The number of aliphatic hydroxyl groups excluding tert-OH is 1. The van der Waals surface area contributed by atoms with Gasteiger partial charge in [-0.3, -0.25) is 9.58 Å². The van der Waals surface area contributed by atoms with Crippen molar-refractivity contribution in [2.24, 2.45) is 5.92 Å². The molecule has 3 heterocycles. The van der Waals surface area contributed by atoms with E-state index in [1.807, 2.05) is 0 Å². The second kappa shape index (κ2) is 6.08. The van der Waals surface area contributed by atoms with E-state index < -0.39 is 0 Å². The zero-order valence-corrected chi connectivity index (χ0v) is 14.0. The zero-order chi connectivity index (χ0) is 15.9. The Labute approximate surface area is 132 Å². The van der Waals surface area contributed by atoms with Crippen LogP contribution >= 0.6 is 0 Å². The number of rotatable bonds is 4. The SMILES string of the molecule is CC1CCc2c(N)c(N3CCC(N(C)CCO)C3)nn2C1C. The van der Waals surface area contributed by atoms with Crippen molar-refractivity contribution in [2.75, 3.05) is 43.9 Å². The molecule has 1 saturated heterocycles. The van der Waals surface area contributed by atoms with Gasteiger partial charge in [-0.2, -0.15) is 5.10 Å². The molecule has 2 aliphatic heterocycles. The van der Waals surface area contributed by atoms with Crippen LogP contribution in [0.2, 0.25) is 0 Å². The van der Waals surface area contributed by atoms with Crippen molar-refractivity contribution < 1.29 is 5.11 Å². The summed E-state index contributed by atoms with van der Waals surface area (Å²) in [6, 6.07) is 0.900. The number of fused-ring (bicyclic) bond motifs is 1. The summed E-state index contributed by atoms with van der Waals surface area (Å²) in [6.45, 7) is 7.41. The van der Waals surface area contributed by atoms with E-state index in [4.69, 9.17) is 15.9 Å². The van der Waals surface area contributed by atoms with Gasteiger partial charge in [0.1, 0.15) is 0 Å². The largest absolute Gasteiger partial charge is 0.395 e. The fourth-order valence-electron chi connectivity index (χ4n) is 3.77. The molecule has 6 nitrogen and oxygen atoms in total. The number of likely N-dealkylation sites (N-methyl/N-ethyl adjacent to an activating group) is 1. The van der Waals surface area contributed by atoms with Crippen LogP contribution in [0, 0.1) is 5.92 Å². The first kappa shape index (κ1) is 15.6. The van der Waals surface area contributed by atoms with Gasteiger partial charge in [-0.25, -0.2) is 0 Å². The zero-order valence-electron chi connectivity index (χ0n) is 14.0. The van der Waals surface area contributed by atoms with Crippen molar-refractivity contribution in [2.45, 2.75) is 45.2 Å². The van der Waals surface area contributed by atoms with Crippen LogP contribution in [0.25, 0.3) is 0 Å². The van der Waals surface area contributed by atoms with Gasteiger partial charge in [0.15, 0.2) is 5.82 Å². The second-order valence-electron chi connectivity index (χ2n) is 6.98. The maximum absolute atomic E-state index is 9.10. The Kier molecular flexibility index (Phi) is 4.32. The number of aliphatic hydroxyl groups is 1. The Hall–Kier alpha value is -1.27. The van der Waals surface area contributed by atoms with Crippen LogP contribution in [0.3, 0.4) is 0 Å². The van der Waals surface area contributed by atoms with E-state index in [0.29, 0.717) is 18.0 Å². The number of anilines is 2. The van der Waals surface area contributed by atoms with E-state index in [9.17, 15) is 0 Å². The summed E-state index contributed by atoms with van der Waals surface area (Å²) in [5, 5.41) is 14.0. The minimum absolute atomic E-state index is 0.212. The third-order valence-electron chi connectivity index (χ3n) is 5.62. The highest BCUT2D eigenvalue weighted by Gasteiger charge is 2.32. The van der Waals surface area contributed by atoms with Crippen LogP contribution in [0.4, 0.5) is 11.5 Å². The third kappa shape index (κ3) is 2.58. The molecule has 1 aromatic heterocycles. The van der Waals surface area contributed by atoms with Crippen LogP contribution < -0.4 is 10.6 Å². The van der Waals surface area contributed by atoms with E-state index in [1.54, 1.807) is 0 Å². The quantitative estimate of drug-likeness (QED) is 0.872. The van der Waals surface area contributed by atoms with Crippen molar-refractivity contribution >= 4 is 11.5 Å². The first-order valence-corrected chi connectivity index (χ1v) is 8.45. The van der Waals surface area contributed by atoms with Gasteiger partial charge in [0.05, 0.1) is 24.0 Å². The van der Waals surface area contributed by atoms with Crippen molar-refractivity contribution in [3.05, 3.63) is 5.69 Å². The predicted molar refractivity (Wildman–Crippen MR) is 89.2 cm³/mol. The van der Waals surface area contributed by atoms with E-state index in [2.05, 4.69) is 35.4 Å². The highest BCUT2D eigenvalue weighted by Crippen LogP contribution is 2.37. The minimum Gasteiger partial charge on any atom is -0.395 e. The summed E-state index contributed by atoms with van der Waals surface area (Å²) >= 11 is 0. The predicted octanol–water partition coefficient (Wildman–Crippen LogP) is 1.11. The normalized spacial score (nSPS) is 28.4. The lowest BCUT2D eigenvalue weighted by molar-refractivity contribution is 0.188. The van der Waals surface area contributed by atoms with Gasteiger partial charge < -0.3 is 15.7 Å². The summed E-state index contributed by atoms with van der Waals surface area (Å²) in [5.41, 5.74) is 8.51. The smallest absolute Gasteiger partial charge is 0.174 e. The first-order chi connectivity index (χ1) is 10.5. The summed E-state index contributed by atoms with van der Waals surface area (Å²) in [7, 11) is 2.08. The van der Waals surface area contributed by atoms with Gasteiger partial charge in [0.2, 0.25) is 0 Å². The number of nitrogens with zero attached hydrogens (tertiary/aromatic N) is 4. The highest BCUT2D eigenvalue weighted by atomic mass is 16.3. The van der Waals surface area contributed by atoms with Crippen molar-refractivity contribution in [3.8, 4) is 0 Å². The fraction of sp³-hybridized carbons (Fsp3) is 0.812. The number of hydrogen-bond donors (Lipinski definition) is 2. The van der Waals surface area contributed by atoms with Crippen molar-refractivity contribution in [3.63, 3.8) is 0 Å². The molecule has 0 bridgehead atoms. The van der Waals surface area contributed by atoms with Crippen LogP contribution in [0.1, 0.15) is 38.4 Å². The Morgan fingerprint density at radius 3 is 2.86 bits per heavy atom. The molecule has 22 heavy (non-hydrogen) atoms. The molecule has 0 aliphatic carbocycles. The average molecular weight is 307 g/mol. The second-order valence-corrected chi connectivity index (χ2v) is 6.98. The molecule has 3 rings (SSSR count). The van der Waals surface area contributed by atoms with Crippen LogP contribution in [0.5, 0.6) is 0 Å². The molecule has 0 saturated carbocycles. The van der Waals surface area contributed by atoms with Gasteiger partial charge in [-0.05, 0) is 39.2 Å². The Balaban J connectivity index is 1.78. The van der Waals surface area contributed by atoms with Gasteiger partial charge in [-0.15, -0.1) is 0 Å². The topological polar surface area (TPSA) is 70.6 Å². The number of nitrogen functional groups attached to an aromatic ring is 1. The van der Waals surface area contributed by atoms with Crippen molar-refractivity contribution in [1.29, 1.82) is 0 Å². The lowest BCUT2D eigenvalue weighted by Crippen LogP contribution is -2.36. The average Bonchev–Trinajstić information content (AvgIpc) is 3.09. The third-order valence-corrected chi connectivity index (χ3v) is 5.62. The maximum Gasteiger partial charge on any atom is 0.174 e. The number of nitrogens with two attached hydrogens (primary N) is 1. The molecule has 3 N–H and O–H groups in total. The number of aromatic nitrogens is 2. The lowest BCUT2D eigenvalue weighted by Gasteiger charge is -2.27. The lowest BCUT2D eigenvalue weighted by atomic mass is 9.93. The molecule has 1 fully saturated rings. The molecule has 0 spiro atoms.